The van der Waals surface area contributed by atoms with Gasteiger partial charge in [-0.1, -0.05) is 25.1 Å². The van der Waals surface area contributed by atoms with Gasteiger partial charge in [0.05, 0.1) is 18.0 Å². The molecule has 3 N–H and O–H groups in total. The first kappa shape index (κ1) is 31.3. The smallest absolute Gasteiger partial charge is 0.429 e. The van der Waals surface area contributed by atoms with E-state index in [1.54, 1.807) is 44.3 Å². The third kappa shape index (κ3) is 6.98. The molecule has 2 fully saturated rings. The summed E-state index contributed by atoms with van der Waals surface area (Å²) in [5, 5.41) is 7.62. The zero-order valence-corrected chi connectivity index (χ0v) is 25.1. The lowest BCUT2D eigenvalue weighted by Crippen LogP contribution is -2.41. The van der Waals surface area contributed by atoms with E-state index < -0.39 is 12.3 Å². The number of hydrogen-bond acceptors (Lipinski definition) is 9. The van der Waals surface area contributed by atoms with Crippen LogP contribution >= 0.6 is 0 Å². The second-order valence-corrected chi connectivity index (χ2v) is 11.4. The molecule has 2 aliphatic rings. The Hall–Kier alpha value is -4.13. The fourth-order valence-electron chi connectivity index (χ4n) is 5.90. The molecule has 4 heterocycles. The van der Waals surface area contributed by atoms with E-state index in [2.05, 4.69) is 20.4 Å². The van der Waals surface area contributed by atoms with Gasteiger partial charge >= 0.3 is 12.1 Å². The summed E-state index contributed by atoms with van der Waals surface area (Å²) in [6.07, 6.45) is 1.07. The van der Waals surface area contributed by atoms with Crippen molar-refractivity contribution in [2.45, 2.75) is 64.8 Å². The number of aryl methyl sites for hydroxylation is 1. The van der Waals surface area contributed by atoms with Gasteiger partial charge in [0.25, 0.3) is 0 Å². The number of benzene rings is 1. The summed E-state index contributed by atoms with van der Waals surface area (Å²) >= 11 is 0. The highest BCUT2D eigenvalue weighted by Gasteiger charge is 2.46. The van der Waals surface area contributed by atoms with Crippen LogP contribution in [0.25, 0.3) is 11.8 Å². The molecule has 3 aromatic rings. The van der Waals surface area contributed by atoms with E-state index >= 15 is 0 Å². The molecular formula is C31H38F3N7O3. The Kier molecular flexibility index (Phi) is 9.14. The maximum absolute atomic E-state index is 14.7. The first-order valence-corrected chi connectivity index (χ1v) is 14.9. The first-order chi connectivity index (χ1) is 21.0. The van der Waals surface area contributed by atoms with Gasteiger partial charge in [0.2, 0.25) is 17.9 Å². The number of nitrogens with two attached hydrogens (primary N) is 1. The van der Waals surface area contributed by atoms with Crippen LogP contribution in [-0.2, 0) is 9.53 Å². The van der Waals surface area contributed by atoms with Crippen LogP contribution in [0.1, 0.15) is 62.5 Å². The number of anilines is 2. The molecule has 2 aromatic heterocycles. The number of alkyl halides is 3. The molecule has 236 valence electrons. The van der Waals surface area contributed by atoms with Gasteiger partial charge in [0, 0.05) is 37.5 Å². The number of nitrogen functional groups attached to an aromatic ring is 1. The SMILES string of the molecule is CC/C=C/c1ccc(-n2ccc(C)n2)c([C@@H](Oc2cc(N3CCC4(CC3)CN[C@H](C(=O)OCC)C4)nc(N)n2)C(F)(F)F)c1. The molecule has 44 heavy (non-hydrogen) atoms. The highest BCUT2D eigenvalue weighted by atomic mass is 19.4. The number of carbonyl (C=O) groups excluding carboxylic acids is 1. The van der Waals surface area contributed by atoms with Crippen molar-refractivity contribution in [3.8, 4) is 11.6 Å². The van der Waals surface area contributed by atoms with Crippen LogP contribution < -0.4 is 20.7 Å². The van der Waals surface area contributed by atoms with Crippen molar-refractivity contribution in [2.75, 3.05) is 36.9 Å². The van der Waals surface area contributed by atoms with Crippen LogP contribution in [-0.4, -0.2) is 64.2 Å². The van der Waals surface area contributed by atoms with Crippen molar-refractivity contribution in [3.63, 3.8) is 0 Å². The molecule has 1 spiro atoms. The van der Waals surface area contributed by atoms with Crippen molar-refractivity contribution in [1.29, 1.82) is 0 Å². The van der Waals surface area contributed by atoms with Crippen molar-refractivity contribution in [1.82, 2.24) is 25.1 Å². The highest BCUT2D eigenvalue weighted by molar-refractivity contribution is 5.76. The Morgan fingerprint density at radius 2 is 1.98 bits per heavy atom. The van der Waals surface area contributed by atoms with E-state index in [1.807, 2.05) is 17.9 Å². The second kappa shape index (κ2) is 12.8. The quantitative estimate of drug-likeness (QED) is 0.315. The number of nitrogens with one attached hydrogen (secondary N) is 1. The van der Waals surface area contributed by atoms with Gasteiger partial charge in [-0.2, -0.15) is 28.2 Å². The van der Waals surface area contributed by atoms with Gasteiger partial charge in [-0.25, -0.2) is 4.68 Å². The zero-order chi connectivity index (χ0) is 31.5. The van der Waals surface area contributed by atoms with E-state index in [1.165, 1.54) is 16.8 Å². The molecule has 5 rings (SSSR count). The molecule has 2 saturated heterocycles. The molecule has 0 amide bonds. The van der Waals surface area contributed by atoms with Gasteiger partial charge in [-0.05, 0) is 68.7 Å². The number of nitrogens with zero attached hydrogens (tertiary/aromatic N) is 5. The topological polar surface area (TPSA) is 120 Å². The number of esters is 1. The minimum Gasteiger partial charge on any atom is -0.465 e. The summed E-state index contributed by atoms with van der Waals surface area (Å²) in [5.74, 6) is -0.323. The maximum Gasteiger partial charge on any atom is 0.429 e. The minimum atomic E-state index is -4.79. The lowest BCUT2D eigenvalue weighted by molar-refractivity contribution is -0.198. The van der Waals surface area contributed by atoms with Crippen LogP contribution in [0.5, 0.6) is 5.88 Å². The van der Waals surface area contributed by atoms with Crippen LogP contribution in [0.2, 0.25) is 0 Å². The van der Waals surface area contributed by atoms with Crippen molar-refractivity contribution in [2.24, 2.45) is 5.41 Å². The summed E-state index contributed by atoms with van der Waals surface area (Å²) in [4.78, 5) is 22.5. The van der Waals surface area contributed by atoms with Gasteiger partial charge in [-0.3, -0.25) is 4.79 Å². The Labute approximate surface area is 254 Å². The van der Waals surface area contributed by atoms with Gasteiger partial charge < -0.3 is 25.4 Å². The molecule has 10 nitrogen and oxygen atoms in total. The zero-order valence-electron chi connectivity index (χ0n) is 25.1. The summed E-state index contributed by atoms with van der Waals surface area (Å²) in [7, 11) is 0. The largest absolute Gasteiger partial charge is 0.465 e. The number of halogens is 3. The lowest BCUT2D eigenvalue weighted by atomic mass is 9.76. The Morgan fingerprint density at radius 3 is 2.64 bits per heavy atom. The summed E-state index contributed by atoms with van der Waals surface area (Å²) < 4.78 is 56.5. The van der Waals surface area contributed by atoms with E-state index in [-0.39, 0.29) is 40.5 Å². The maximum atomic E-state index is 14.7. The molecule has 13 heteroatoms. The number of aromatic nitrogens is 4. The first-order valence-electron chi connectivity index (χ1n) is 14.9. The third-order valence-electron chi connectivity index (χ3n) is 8.17. The van der Waals surface area contributed by atoms with Crippen molar-refractivity contribution >= 4 is 23.8 Å². The Bertz CT molecular complexity index is 1500. The second-order valence-electron chi connectivity index (χ2n) is 11.4. The van der Waals surface area contributed by atoms with E-state index in [0.717, 1.165) is 19.3 Å². The predicted molar refractivity (Wildman–Crippen MR) is 160 cm³/mol. The third-order valence-corrected chi connectivity index (χ3v) is 8.17. The van der Waals surface area contributed by atoms with Gasteiger partial charge in [0.1, 0.15) is 11.9 Å². The lowest BCUT2D eigenvalue weighted by Gasteiger charge is -2.39. The van der Waals surface area contributed by atoms with E-state index in [9.17, 15) is 18.0 Å². The molecule has 2 atom stereocenters. The summed E-state index contributed by atoms with van der Waals surface area (Å²) in [6, 6.07) is 7.60. The number of hydrogen-bond donors (Lipinski definition) is 2. The van der Waals surface area contributed by atoms with Crippen LogP contribution in [0.4, 0.5) is 24.9 Å². The molecule has 1 aromatic carbocycles. The van der Waals surface area contributed by atoms with Crippen molar-refractivity contribution in [3.05, 3.63) is 59.4 Å². The average molecular weight is 614 g/mol. The Balaban J connectivity index is 1.40. The molecule has 2 aliphatic heterocycles. The molecule has 0 unspecified atom stereocenters. The van der Waals surface area contributed by atoms with Crippen LogP contribution in [0.3, 0.4) is 0 Å². The number of allylic oxidation sites excluding steroid dienone is 1. The minimum absolute atomic E-state index is 0.0638. The molecule has 0 radical (unpaired) electrons. The number of piperidine rings is 1. The number of carbonyl (C=O) groups is 1. The van der Waals surface area contributed by atoms with Gasteiger partial charge in [-0.15, -0.1) is 0 Å². The number of rotatable bonds is 9. The molecule has 0 saturated carbocycles. The fraction of sp³-hybridized carbons (Fsp3) is 0.484. The molecular weight excluding hydrogens is 575 g/mol. The van der Waals surface area contributed by atoms with Crippen LogP contribution in [0.15, 0.2) is 42.6 Å². The average Bonchev–Trinajstić information content (AvgIpc) is 3.61. The van der Waals surface area contributed by atoms with Crippen molar-refractivity contribution < 1.29 is 27.4 Å². The molecule has 0 aliphatic carbocycles. The fourth-order valence-corrected chi connectivity index (χ4v) is 5.90. The summed E-state index contributed by atoms with van der Waals surface area (Å²) in [6.45, 7) is 7.70. The highest BCUT2D eigenvalue weighted by Crippen LogP contribution is 2.42. The standard InChI is InChI=1S/C31H38F3N7O3/c1-4-6-7-21-8-9-24(41-13-10-20(3)39-41)22(16-21)27(31(32,33)34)44-26-17-25(37-29(35)38-26)40-14-11-30(12-15-40)18-23(36-19-30)28(42)43-5-2/h6-10,13,16-17,23,27,36H,4-5,11-12,14-15,18-19H2,1-3H3,(H2,35,37,38)/b7-6+/t23-,27+/m0/s1. The van der Waals surface area contributed by atoms with E-state index in [0.29, 0.717) is 49.7 Å². The summed E-state index contributed by atoms with van der Waals surface area (Å²) in [5.41, 5.74) is 7.32. The van der Waals surface area contributed by atoms with Crippen LogP contribution in [0, 0.1) is 12.3 Å². The normalized spacial score (nSPS) is 19.0. The van der Waals surface area contributed by atoms with E-state index in [4.69, 9.17) is 15.2 Å². The van der Waals surface area contributed by atoms with Gasteiger partial charge in [0.15, 0.2) is 0 Å². The number of ether oxygens (including phenoxy) is 2. The predicted octanol–water partition coefficient (Wildman–Crippen LogP) is 5.17. The monoisotopic (exact) mass is 613 g/mol. The Morgan fingerprint density at radius 1 is 1.20 bits per heavy atom. The molecule has 0 bridgehead atoms.